The monoisotopic (exact) mass is 264 g/mol. The van der Waals surface area contributed by atoms with Crippen LogP contribution >= 0.6 is 11.6 Å². The molecule has 0 unspecified atom stereocenters. The van der Waals surface area contributed by atoms with Gasteiger partial charge in [0.2, 0.25) is 5.89 Å². The van der Waals surface area contributed by atoms with Gasteiger partial charge in [-0.3, -0.25) is 0 Å². The van der Waals surface area contributed by atoms with E-state index < -0.39 is 0 Å². The van der Waals surface area contributed by atoms with Gasteiger partial charge in [0.1, 0.15) is 5.52 Å². The van der Waals surface area contributed by atoms with Gasteiger partial charge >= 0.3 is 0 Å². The Labute approximate surface area is 111 Å². The lowest BCUT2D eigenvalue weighted by atomic mass is 9.76. The van der Waals surface area contributed by atoms with Gasteiger partial charge < -0.3 is 10.2 Å². The van der Waals surface area contributed by atoms with Crippen LogP contribution in [0.2, 0.25) is 5.02 Å². The first-order valence-corrected chi connectivity index (χ1v) is 6.82. The molecule has 2 aromatic rings. The summed E-state index contributed by atoms with van der Waals surface area (Å²) in [6.45, 7) is 2.24. The molecule has 3 rings (SSSR count). The zero-order valence-electron chi connectivity index (χ0n) is 10.5. The summed E-state index contributed by atoms with van der Waals surface area (Å²) < 4.78 is 5.90. The fraction of sp³-hybridized carbons (Fsp3) is 0.500. The summed E-state index contributed by atoms with van der Waals surface area (Å²) >= 11 is 6.01. The molecule has 1 aliphatic carbocycles. The van der Waals surface area contributed by atoms with E-state index in [4.69, 9.17) is 21.8 Å². The molecule has 0 aliphatic heterocycles. The number of hydrogen-bond donors (Lipinski definition) is 1. The molecule has 3 nitrogen and oxygen atoms in total. The minimum atomic E-state index is 0.0680. The van der Waals surface area contributed by atoms with Gasteiger partial charge in [0.25, 0.3) is 0 Å². The third kappa shape index (κ3) is 1.87. The lowest BCUT2D eigenvalue weighted by molar-refractivity contribution is 0.263. The van der Waals surface area contributed by atoms with Crippen molar-refractivity contribution in [3.63, 3.8) is 0 Å². The van der Waals surface area contributed by atoms with Crippen molar-refractivity contribution in [2.24, 2.45) is 0 Å². The number of oxazole rings is 1. The number of nitrogens with zero attached hydrogens (tertiary/aromatic N) is 1. The number of hydrogen-bond acceptors (Lipinski definition) is 3. The lowest BCUT2D eigenvalue weighted by Gasteiger charge is -2.30. The van der Waals surface area contributed by atoms with E-state index >= 15 is 0 Å². The molecule has 96 valence electrons. The Morgan fingerprint density at radius 2 is 2.00 bits per heavy atom. The van der Waals surface area contributed by atoms with Crippen LogP contribution in [0.15, 0.2) is 16.5 Å². The molecule has 1 heterocycles. The number of nitrogen functional groups attached to an aromatic ring is 1. The quantitative estimate of drug-likeness (QED) is 0.782. The average Bonchev–Trinajstić information content (AvgIpc) is 2.74. The number of anilines is 1. The summed E-state index contributed by atoms with van der Waals surface area (Å²) in [6.07, 6.45) is 6.09. The zero-order valence-corrected chi connectivity index (χ0v) is 11.3. The second-order valence-electron chi connectivity index (χ2n) is 5.48. The first-order chi connectivity index (χ1) is 8.58. The molecule has 18 heavy (non-hydrogen) atoms. The fourth-order valence-corrected chi connectivity index (χ4v) is 2.93. The lowest BCUT2D eigenvalue weighted by Crippen LogP contribution is -2.25. The Bertz CT molecular complexity index is 546. The van der Waals surface area contributed by atoms with Gasteiger partial charge in [0.15, 0.2) is 5.58 Å². The molecule has 1 saturated carbocycles. The Balaban J connectivity index is 2.07. The second kappa shape index (κ2) is 4.16. The van der Waals surface area contributed by atoms with E-state index in [0.29, 0.717) is 10.7 Å². The van der Waals surface area contributed by atoms with E-state index in [0.717, 1.165) is 29.8 Å². The van der Waals surface area contributed by atoms with Gasteiger partial charge in [0, 0.05) is 11.5 Å². The van der Waals surface area contributed by atoms with Crippen molar-refractivity contribution >= 4 is 28.4 Å². The number of benzene rings is 1. The highest BCUT2D eigenvalue weighted by Crippen LogP contribution is 2.40. The van der Waals surface area contributed by atoms with Gasteiger partial charge in [-0.05, 0) is 18.9 Å². The molecular weight excluding hydrogens is 248 g/mol. The number of rotatable bonds is 1. The standard InChI is InChI=1S/C14H17ClN2O/c1-14(5-3-2-4-6-14)13-17-11-7-9(15)10(16)8-12(11)18-13/h7-8H,2-6,16H2,1H3. The van der Waals surface area contributed by atoms with Gasteiger partial charge in [-0.1, -0.05) is 37.8 Å². The molecule has 2 N–H and O–H groups in total. The SMILES string of the molecule is CC1(c2nc3cc(Cl)c(N)cc3o2)CCCCC1. The Morgan fingerprint density at radius 1 is 1.28 bits per heavy atom. The van der Waals surface area contributed by atoms with Crippen molar-refractivity contribution in [2.75, 3.05) is 5.73 Å². The van der Waals surface area contributed by atoms with Crippen molar-refractivity contribution in [3.8, 4) is 0 Å². The van der Waals surface area contributed by atoms with Gasteiger partial charge in [-0.2, -0.15) is 0 Å². The van der Waals surface area contributed by atoms with Gasteiger partial charge in [-0.15, -0.1) is 0 Å². The molecular formula is C14H17ClN2O. The summed E-state index contributed by atoms with van der Waals surface area (Å²) in [6, 6.07) is 3.55. The average molecular weight is 265 g/mol. The van der Waals surface area contributed by atoms with Crippen molar-refractivity contribution < 1.29 is 4.42 Å². The fourth-order valence-electron chi connectivity index (χ4n) is 2.77. The largest absolute Gasteiger partial charge is 0.440 e. The molecule has 0 spiro atoms. The van der Waals surface area contributed by atoms with Crippen molar-refractivity contribution in [2.45, 2.75) is 44.4 Å². The van der Waals surface area contributed by atoms with Crippen LogP contribution in [0.1, 0.15) is 44.9 Å². The van der Waals surface area contributed by atoms with E-state index in [1.165, 1.54) is 19.3 Å². The van der Waals surface area contributed by atoms with Crippen LogP contribution in [0, 0.1) is 0 Å². The summed E-state index contributed by atoms with van der Waals surface area (Å²) in [4.78, 5) is 4.60. The minimum Gasteiger partial charge on any atom is -0.440 e. The first-order valence-electron chi connectivity index (χ1n) is 6.44. The van der Waals surface area contributed by atoms with Crippen molar-refractivity contribution in [3.05, 3.63) is 23.0 Å². The molecule has 0 radical (unpaired) electrons. The smallest absolute Gasteiger partial charge is 0.201 e. The molecule has 4 heteroatoms. The maximum atomic E-state index is 6.01. The Hall–Kier alpha value is -1.22. The highest BCUT2D eigenvalue weighted by molar-refractivity contribution is 6.33. The minimum absolute atomic E-state index is 0.0680. The number of nitrogens with two attached hydrogens (primary N) is 1. The van der Waals surface area contributed by atoms with Crippen LogP contribution in [0.25, 0.3) is 11.1 Å². The van der Waals surface area contributed by atoms with Crippen LogP contribution in [0.5, 0.6) is 0 Å². The van der Waals surface area contributed by atoms with E-state index in [1.807, 2.05) is 0 Å². The van der Waals surface area contributed by atoms with Crippen LogP contribution in [0.4, 0.5) is 5.69 Å². The van der Waals surface area contributed by atoms with E-state index in [1.54, 1.807) is 12.1 Å². The summed E-state index contributed by atoms with van der Waals surface area (Å²) in [5.74, 6) is 0.832. The molecule has 0 bridgehead atoms. The normalized spacial score (nSPS) is 19.2. The molecule has 1 aromatic heterocycles. The predicted molar refractivity (Wildman–Crippen MR) is 73.9 cm³/mol. The zero-order chi connectivity index (χ0) is 12.8. The summed E-state index contributed by atoms with van der Waals surface area (Å²) in [7, 11) is 0. The van der Waals surface area contributed by atoms with Crippen LogP contribution < -0.4 is 5.73 Å². The van der Waals surface area contributed by atoms with Crippen molar-refractivity contribution in [1.29, 1.82) is 0 Å². The first kappa shape index (κ1) is 11.8. The van der Waals surface area contributed by atoms with E-state index in [9.17, 15) is 0 Å². The van der Waals surface area contributed by atoms with Crippen molar-refractivity contribution in [1.82, 2.24) is 4.98 Å². The van der Waals surface area contributed by atoms with Crippen LogP contribution in [0.3, 0.4) is 0 Å². The molecule has 1 aliphatic rings. The van der Waals surface area contributed by atoms with E-state index in [-0.39, 0.29) is 5.41 Å². The topological polar surface area (TPSA) is 52.0 Å². The maximum Gasteiger partial charge on any atom is 0.201 e. The Morgan fingerprint density at radius 3 is 2.72 bits per heavy atom. The predicted octanol–water partition coefficient (Wildman–Crippen LogP) is 4.29. The van der Waals surface area contributed by atoms with Crippen LogP contribution in [-0.2, 0) is 5.41 Å². The third-order valence-electron chi connectivity index (χ3n) is 3.98. The number of aromatic nitrogens is 1. The second-order valence-corrected chi connectivity index (χ2v) is 5.89. The number of fused-ring (bicyclic) bond motifs is 1. The Kier molecular flexibility index (Phi) is 2.74. The molecule has 1 fully saturated rings. The molecule has 0 saturated heterocycles. The van der Waals surface area contributed by atoms with Gasteiger partial charge in [0.05, 0.1) is 10.7 Å². The van der Waals surface area contributed by atoms with Crippen LogP contribution in [-0.4, -0.2) is 4.98 Å². The third-order valence-corrected chi connectivity index (χ3v) is 4.31. The van der Waals surface area contributed by atoms with E-state index in [2.05, 4.69) is 11.9 Å². The van der Waals surface area contributed by atoms with Gasteiger partial charge in [-0.25, -0.2) is 4.98 Å². The molecule has 0 amide bonds. The number of halogens is 1. The summed E-state index contributed by atoms with van der Waals surface area (Å²) in [5.41, 5.74) is 7.93. The maximum absolute atomic E-state index is 6.01. The summed E-state index contributed by atoms with van der Waals surface area (Å²) in [5, 5.41) is 0.538. The molecule has 0 atom stereocenters. The molecule has 1 aromatic carbocycles. The highest BCUT2D eigenvalue weighted by atomic mass is 35.5. The highest BCUT2D eigenvalue weighted by Gasteiger charge is 2.33.